The molecule has 3 saturated carbocycles. The lowest BCUT2D eigenvalue weighted by molar-refractivity contribution is -0.303. The fourth-order valence-electron chi connectivity index (χ4n) is 5.14. The Bertz CT molecular complexity index is 484. The van der Waals surface area contributed by atoms with E-state index in [1.807, 2.05) is 0 Å². The molecule has 4 aliphatic rings. The maximum absolute atomic E-state index is 6.33. The van der Waals surface area contributed by atoms with Gasteiger partial charge in [-0.15, -0.1) is 0 Å². The Morgan fingerprint density at radius 3 is 2.39 bits per heavy atom. The Kier molecular flexibility index (Phi) is 4.73. The maximum Gasteiger partial charge on any atom is 0.158 e. The SMILES string of the molecule is CCCC(CCC1OC2CC3CCC2C(C3)O1)c1ccccc1. The van der Waals surface area contributed by atoms with E-state index in [9.17, 15) is 0 Å². The third-order valence-electron chi connectivity index (χ3n) is 6.31. The molecule has 1 heterocycles. The summed E-state index contributed by atoms with van der Waals surface area (Å²) < 4.78 is 12.7. The molecule has 1 aromatic carbocycles. The number of hydrogen-bond donors (Lipinski definition) is 0. The summed E-state index contributed by atoms with van der Waals surface area (Å²) in [5, 5.41) is 0. The van der Waals surface area contributed by atoms with Crippen LogP contribution in [0.25, 0.3) is 0 Å². The van der Waals surface area contributed by atoms with Gasteiger partial charge >= 0.3 is 0 Å². The zero-order valence-electron chi connectivity index (χ0n) is 14.3. The molecule has 1 aliphatic heterocycles. The van der Waals surface area contributed by atoms with Gasteiger partial charge < -0.3 is 9.47 Å². The Labute approximate surface area is 140 Å². The lowest BCUT2D eigenvalue weighted by Gasteiger charge is -2.52. The first-order chi connectivity index (χ1) is 11.3. The minimum absolute atomic E-state index is 0.0448. The molecule has 0 aromatic heterocycles. The van der Waals surface area contributed by atoms with E-state index in [0.717, 1.165) is 12.3 Å². The molecule has 2 nitrogen and oxygen atoms in total. The van der Waals surface area contributed by atoms with Crippen molar-refractivity contribution >= 4 is 0 Å². The van der Waals surface area contributed by atoms with Gasteiger partial charge in [-0.25, -0.2) is 0 Å². The average molecular weight is 314 g/mol. The van der Waals surface area contributed by atoms with Gasteiger partial charge in [0.2, 0.25) is 0 Å². The highest BCUT2D eigenvalue weighted by atomic mass is 16.7. The summed E-state index contributed by atoms with van der Waals surface area (Å²) in [6.07, 6.45) is 11.1. The topological polar surface area (TPSA) is 18.5 Å². The minimum atomic E-state index is 0.0448. The van der Waals surface area contributed by atoms with Gasteiger partial charge in [0.1, 0.15) is 0 Å². The third kappa shape index (κ3) is 3.34. The highest BCUT2D eigenvalue weighted by Crippen LogP contribution is 2.48. The fourth-order valence-corrected chi connectivity index (χ4v) is 5.14. The van der Waals surface area contributed by atoms with Crippen LogP contribution in [0.15, 0.2) is 30.3 Å². The molecule has 3 unspecified atom stereocenters. The molecule has 0 spiro atoms. The highest BCUT2D eigenvalue weighted by molar-refractivity contribution is 5.19. The summed E-state index contributed by atoms with van der Waals surface area (Å²) in [5.41, 5.74) is 1.48. The van der Waals surface area contributed by atoms with E-state index >= 15 is 0 Å². The van der Waals surface area contributed by atoms with Crippen molar-refractivity contribution in [3.63, 3.8) is 0 Å². The zero-order valence-corrected chi connectivity index (χ0v) is 14.3. The molecule has 1 aromatic rings. The Morgan fingerprint density at radius 1 is 1.00 bits per heavy atom. The predicted molar refractivity (Wildman–Crippen MR) is 92.3 cm³/mol. The molecule has 23 heavy (non-hydrogen) atoms. The van der Waals surface area contributed by atoms with Crippen molar-refractivity contribution in [3.8, 4) is 0 Å². The van der Waals surface area contributed by atoms with Gasteiger partial charge in [-0.05, 0) is 62.3 Å². The molecule has 0 N–H and O–H groups in total. The molecule has 0 amide bonds. The molecular weight excluding hydrogens is 284 g/mol. The van der Waals surface area contributed by atoms with Gasteiger partial charge in [0.25, 0.3) is 0 Å². The number of fused-ring (bicyclic) bond motifs is 1. The molecule has 0 radical (unpaired) electrons. The van der Waals surface area contributed by atoms with Gasteiger partial charge in [-0.3, -0.25) is 0 Å². The van der Waals surface area contributed by atoms with E-state index in [2.05, 4.69) is 37.3 Å². The Balaban J connectivity index is 1.35. The van der Waals surface area contributed by atoms with Crippen molar-refractivity contribution in [2.75, 3.05) is 0 Å². The molecule has 1 saturated heterocycles. The smallest absolute Gasteiger partial charge is 0.158 e. The van der Waals surface area contributed by atoms with Gasteiger partial charge in [0.05, 0.1) is 12.2 Å². The van der Waals surface area contributed by atoms with Crippen molar-refractivity contribution in [2.45, 2.75) is 82.7 Å². The summed E-state index contributed by atoms with van der Waals surface area (Å²) in [6, 6.07) is 11.0. The van der Waals surface area contributed by atoms with Crippen LogP contribution < -0.4 is 0 Å². The number of benzene rings is 1. The maximum atomic E-state index is 6.33. The van der Waals surface area contributed by atoms with Crippen LogP contribution in [0, 0.1) is 11.8 Å². The fraction of sp³-hybridized carbons (Fsp3) is 0.714. The van der Waals surface area contributed by atoms with Crippen molar-refractivity contribution in [3.05, 3.63) is 35.9 Å². The summed E-state index contributed by atoms with van der Waals surface area (Å²) in [5.74, 6) is 2.21. The lowest BCUT2D eigenvalue weighted by Crippen LogP contribution is -2.54. The van der Waals surface area contributed by atoms with Gasteiger partial charge in [-0.1, -0.05) is 43.7 Å². The first-order valence-electron chi connectivity index (χ1n) is 9.69. The van der Waals surface area contributed by atoms with Crippen LogP contribution in [0.2, 0.25) is 0 Å². The van der Waals surface area contributed by atoms with E-state index < -0.39 is 0 Å². The second-order valence-electron chi connectivity index (χ2n) is 7.83. The molecule has 5 rings (SSSR count). The third-order valence-corrected chi connectivity index (χ3v) is 6.31. The van der Waals surface area contributed by atoms with Crippen molar-refractivity contribution in [1.29, 1.82) is 0 Å². The van der Waals surface area contributed by atoms with Crippen LogP contribution in [0.3, 0.4) is 0 Å². The van der Waals surface area contributed by atoms with Gasteiger partial charge in [0.15, 0.2) is 6.29 Å². The normalized spacial score (nSPS) is 36.8. The van der Waals surface area contributed by atoms with Crippen LogP contribution in [0.4, 0.5) is 0 Å². The highest BCUT2D eigenvalue weighted by Gasteiger charge is 2.48. The zero-order chi connectivity index (χ0) is 15.6. The first kappa shape index (κ1) is 15.7. The van der Waals surface area contributed by atoms with Gasteiger partial charge in [0, 0.05) is 5.92 Å². The largest absolute Gasteiger partial charge is 0.349 e. The van der Waals surface area contributed by atoms with E-state index in [1.54, 1.807) is 0 Å². The van der Waals surface area contributed by atoms with Crippen molar-refractivity contribution in [1.82, 2.24) is 0 Å². The summed E-state index contributed by atoms with van der Waals surface area (Å²) in [4.78, 5) is 0. The monoisotopic (exact) mass is 314 g/mol. The van der Waals surface area contributed by atoms with E-state index in [1.165, 1.54) is 50.5 Å². The lowest BCUT2D eigenvalue weighted by atomic mass is 9.67. The first-order valence-corrected chi connectivity index (χ1v) is 9.69. The summed E-state index contributed by atoms with van der Waals surface area (Å²) >= 11 is 0. The van der Waals surface area contributed by atoms with E-state index in [0.29, 0.717) is 24.0 Å². The number of hydrogen-bond acceptors (Lipinski definition) is 2. The molecular formula is C21H30O2. The van der Waals surface area contributed by atoms with E-state index in [4.69, 9.17) is 9.47 Å². The molecule has 4 bridgehead atoms. The van der Waals surface area contributed by atoms with E-state index in [-0.39, 0.29) is 6.29 Å². The summed E-state index contributed by atoms with van der Waals surface area (Å²) in [7, 11) is 0. The van der Waals surface area contributed by atoms with Crippen molar-refractivity contribution < 1.29 is 9.47 Å². The van der Waals surface area contributed by atoms with Crippen LogP contribution in [-0.2, 0) is 9.47 Å². The minimum Gasteiger partial charge on any atom is -0.349 e. The number of rotatable bonds is 6. The molecule has 3 atom stereocenters. The molecule has 126 valence electrons. The molecule has 3 aliphatic carbocycles. The quantitative estimate of drug-likeness (QED) is 0.711. The second-order valence-corrected chi connectivity index (χ2v) is 7.83. The Morgan fingerprint density at radius 2 is 1.74 bits per heavy atom. The van der Waals surface area contributed by atoms with Crippen LogP contribution in [0.5, 0.6) is 0 Å². The Hall–Kier alpha value is -0.860. The average Bonchev–Trinajstić information content (AvgIpc) is 2.59. The van der Waals surface area contributed by atoms with Crippen LogP contribution in [-0.4, -0.2) is 18.5 Å². The molecule has 4 fully saturated rings. The van der Waals surface area contributed by atoms with Crippen molar-refractivity contribution in [2.24, 2.45) is 11.8 Å². The second kappa shape index (κ2) is 6.94. The number of ether oxygens (including phenoxy) is 2. The summed E-state index contributed by atoms with van der Waals surface area (Å²) in [6.45, 7) is 2.28. The predicted octanol–water partition coefficient (Wildman–Crippen LogP) is 5.28. The standard InChI is InChI=1S/C21H30O2/c1-2-6-16(17-7-4-3-5-8-17)10-12-21-22-19-13-15-9-11-18(19)20(14-15)23-21/h3-5,7-8,15-16,18-21H,2,6,9-14H2,1H3. The molecule has 2 heteroatoms. The van der Waals surface area contributed by atoms with Crippen LogP contribution in [0.1, 0.15) is 69.8 Å². The van der Waals surface area contributed by atoms with Crippen LogP contribution >= 0.6 is 0 Å². The van der Waals surface area contributed by atoms with Gasteiger partial charge in [-0.2, -0.15) is 0 Å².